The van der Waals surface area contributed by atoms with E-state index in [1.54, 1.807) is 0 Å². The van der Waals surface area contributed by atoms with Crippen LogP contribution in [0.4, 0.5) is 0 Å². The molecule has 1 unspecified atom stereocenters. The molecule has 1 aromatic heterocycles. The van der Waals surface area contributed by atoms with Gasteiger partial charge in [0.15, 0.2) is 0 Å². The van der Waals surface area contributed by atoms with Crippen LogP contribution in [0.1, 0.15) is 22.3 Å². The largest absolute Gasteiger partial charge is 0.248 e. The van der Waals surface area contributed by atoms with Crippen LogP contribution < -0.4 is 0 Å². The van der Waals surface area contributed by atoms with Crippen molar-refractivity contribution in [3.63, 3.8) is 0 Å². The molecule has 0 N–H and O–H groups in total. The molecule has 1 heterocycles. The van der Waals surface area contributed by atoms with Crippen molar-refractivity contribution in [2.75, 3.05) is 0 Å². The van der Waals surface area contributed by atoms with Gasteiger partial charge >= 0.3 is 0 Å². The van der Waals surface area contributed by atoms with Gasteiger partial charge in [-0.1, -0.05) is 194 Å². The third kappa shape index (κ3) is 5.24. The minimum absolute atomic E-state index is 0.485. The van der Waals surface area contributed by atoms with Gasteiger partial charge in [0, 0.05) is 11.1 Å². The SMILES string of the molecule is c1ccc(-c2cccc(-c3cc(-c4ccc5c(c4)-c4ccccc4C54c5ccccc5-c5cc6c7ccccc7c7ccccc7c6cc54)nc(-c4ccc5ccccc5c4)c3)c2)cc1. The van der Waals surface area contributed by atoms with E-state index in [0.717, 1.165) is 33.6 Å². The van der Waals surface area contributed by atoms with E-state index in [1.165, 1.54) is 98.7 Å². The van der Waals surface area contributed by atoms with E-state index < -0.39 is 5.41 Å². The van der Waals surface area contributed by atoms with E-state index in [4.69, 9.17) is 4.98 Å². The summed E-state index contributed by atoms with van der Waals surface area (Å²) in [6.45, 7) is 0. The van der Waals surface area contributed by atoms with E-state index in [2.05, 4.69) is 237 Å². The van der Waals surface area contributed by atoms with Gasteiger partial charge in [0.25, 0.3) is 0 Å². The zero-order chi connectivity index (χ0) is 42.6. The number of aromatic nitrogens is 1. The number of nitrogens with zero attached hydrogens (tertiary/aromatic N) is 1. The number of fused-ring (bicyclic) bond motifs is 17. The fourth-order valence-electron chi connectivity index (χ4n) is 11.5. The average Bonchev–Trinajstić information content (AvgIpc) is 3.84. The summed E-state index contributed by atoms with van der Waals surface area (Å²) in [6.07, 6.45) is 0. The second kappa shape index (κ2) is 13.8. The quantitative estimate of drug-likeness (QED) is 0.161. The summed E-state index contributed by atoms with van der Waals surface area (Å²) in [4.78, 5) is 5.52. The molecule has 1 spiro atoms. The van der Waals surface area contributed by atoms with Crippen molar-refractivity contribution in [3.05, 3.63) is 259 Å². The van der Waals surface area contributed by atoms with Crippen molar-refractivity contribution < 1.29 is 0 Å². The Balaban J connectivity index is 1.00. The van der Waals surface area contributed by atoms with Crippen LogP contribution in [0.3, 0.4) is 0 Å². The molecule has 2 aliphatic rings. The Kier molecular flexibility index (Phi) is 7.67. The first-order valence-electron chi connectivity index (χ1n) is 22.6. The molecule has 1 nitrogen and oxygen atoms in total. The lowest BCUT2D eigenvalue weighted by Gasteiger charge is -2.31. The molecule has 0 saturated carbocycles. The minimum atomic E-state index is -0.485. The average molecular weight is 822 g/mol. The van der Waals surface area contributed by atoms with E-state index in [0.29, 0.717) is 0 Å². The monoisotopic (exact) mass is 821 g/mol. The summed E-state index contributed by atoms with van der Waals surface area (Å²) in [5.74, 6) is 0. The topological polar surface area (TPSA) is 12.9 Å². The second-order valence-electron chi connectivity index (χ2n) is 17.8. The Labute approximate surface area is 377 Å². The molecule has 11 aromatic carbocycles. The van der Waals surface area contributed by atoms with Crippen molar-refractivity contribution in [2.45, 2.75) is 5.41 Å². The van der Waals surface area contributed by atoms with Crippen LogP contribution in [-0.2, 0) is 5.41 Å². The summed E-state index contributed by atoms with van der Waals surface area (Å²) in [5.41, 5.74) is 18.8. The van der Waals surface area contributed by atoms with Gasteiger partial charge in [-0.3, -0.25) is 0 Å². The molecule has 300 valence electrons. The van der Waals surface area contributed by atoms with E-state index in [9.17, 15) is 0 Å². The molecule has 14 rings (SSSR count). The van der Waals surface area contributed by atoms with Gasteiger partial charge in [-0.25, -0.2) is 4.98 Å². The summed E-state index contributed by atoms with van der Waals surface area (Å²) in [7, 11) is 0. The Morgan fingerprint density at radius 1 is 0.231 bits per heavy atom. The summed E-state index contributed by atoms with van der Waals surface area (Å²) < 4.78 is 0. The van der Waals surface area contributed by atoms with Crippen LogP contribution in [0.5, 0.6) is 0 Å². The molecule has 2 aliphatic carbocycles. The molecular weight excluding hydrogens is 783 g/mol. The predicted octanol–water partition coefficient (Wildman–Crippen LogP) is 16.7. The molecule has 0 radical (unpaired) electrons. The van der Waals surface area contributed by atoms with Crippen LogP contribution >= 0.6 is 0 Å². The molecule has 0 bridgehead atoms. The van der Waals surface area contributed by atoms with Crippen molar-refractivity contribution in [3.8, 4) is 67.0 Å². The predicted molar refractivity (Wildman–Crippen MR) is 272 cm³/mol. The lowest BCUT2D eigenvalue weighted by molar-refractivity contribution is 0.795. The first-order valence-corrected chi connectivity index (χ1v) is 22.6. The molecular formula is C64H39N. The van der Waals surface area contributed by atoms with Gasteiger partial charge in [0.05, 0.1) is 16.8 Å². The standard InChI is InChI=1S/C64H39N/c1-2-15-40(16-3-1)43-19-14-20-44(33-43)47-36-62(45-30-29-41-17-4-5-18-42(41)34-45)65-63(37-47)46-31-32-60-56(35-46)52-25-10-12-27-58(52)64(60)59-28-13-11-26-53(59)57-38-54-50-23-8-6-21-48(50)49-22-7-9-24-51(49)55(54)39-61(57)64/h1-39H. The summed E-state index contributed by atoms with van der Waals surface area (Å²) in [6, 6.07) is 87.7. The fourth-order valence-corrected chi connectivity index (χ4v) is 11.5. The lowest BCUT2D eigenvalue weighted by Crippen LogP contribution is -2.25. The summed E-state index contributed by atoms with van der Waals surface area (Å²) in [5, 5.41) is 10.2. The Bertz CT molecular complexity index is 3950. The minimum Gasteiger partial charge on any atom is -0.248 e. The Hall–Kier alpha value is -8.39. The van der Waals surface area contributed by atoms with Crippen molar-refractivity contribution in [2.24, 2.45) is 0 Å². The highest BCUT2D eigenvalue weighted by Gasteiger charge is 2.51. The van der Waals surface area contributed by atoms with Crippen LogP contribution in [0, 0.1) is 0 Å². The van der Waals surface area contributed by atoms with E-state index >= 15 is 0 Å². The number of pyridine rings is 1. The van der Waals surface area contributed by atoms with Crippen LogP contribution in [0.2, 0.25) is 0 Å². The molecule has 0 aliphatic heterocycles. The number of hydrogen-bond acceptors (Lipinski definition) is 1. The lowest BCUT2D eigenvalue weighted by atomic mass is 9.70. The van der Waals surface area contributed by atoms with Gasteiger partial charge in [0.1, 0.15) is 0 Å². The molecule has 65 heavy (non-hydrogen) atoms. The maximum Gasteiger partial charge on any atom is 0.0725 e. The zero-order valence-electron chi connectivity index (χ0n) is 35.5. The van der Waals surface area contributed by atoms with E-state index in [1.807, 2.05) is 0 Å². The number of benzene rings is 11. The molecule has 0 saturated heterocycles. The second-order valence-corrected chi connectivity index (χ2v) is 17.8. The first kappa shape index (κ1) is 36.1. The highest BCUT2D eigenvalue weighted by Crippen LogP contribution is 2.64. The van der Waals surface area contributed by atoms with Gasteiger partial charge in [-0.2, -0.15) is 0 Å². The highest BCUT2D eigenvalue weighted by atomic mass is 14.7. The normalized spacial score (nSPS) is 14.5. The maximum absolute atomic E-state index is 5.52. The molecule has 0 amide bonds. The maximum atomic E-state index is 5.52. The van der Waals surface area contributed by atoms with Crippen molar-refractivity contribution in [1.29, 1.82) is 0 Å². The van der Waals surface area contributed by atoms with Crippen molar-refractivity contribution in [1.82, 2.24) is 4.98 Å². The van der Waals surface area contributed by atoms with Crippen molar-refractivity contribution >= 4 is 43.1 Å². The Morgan fingerprint density at radius 3 is 1.42 bits per heavy atom. The molecule has 1 atom stereocenters. The molecule has 0 fully saturated rings. The van der Waals surface area contributed by atoms with Gasteiger partial charge < -0.3 is 0 Å². The summed E-state index contributed by atoms with van der Waals surface area (Å²) >= 11 is 0. The Morgan fingerprint density at radius 2 is 0.723 bits per heavy atom. The third-order valence-corrected chi connectivity index (χ3v) is 14.4. The van der Waals surface area contributed by atoms with Gasteiger partial charge in [0.2, 0.25) is 0 Å². The van der Waals surface area contributed by atoms with Gasteiger partial charge in [-0.05, 0) is 152 Å². The first-order chi connectivity index (χ1) is 32.2. The van der Waals surface area contributed by atoms with Crippen LogP contribution in [0.25, 0.3) is 110 Å². The highest BCUT2D eigenvalue weighted by molar-refractivity contribution is 6.26. The fraction of sp³-hybridized carbons (Fsp3) is 0.0156. The van der Waals surface area contributed by atoms with Crippen LogP contribution in [-0.4, -0.2) is 4.98 Å². The number of rotatable bonds is 4. The smallest absolute Gasteiger partial charge is 0.0725 e. The number of hydrogen-bond donors (Lipinski definition) is 0. The van der Waals surface area contributed by atoms with Gasteiger partial charge in [-0.15, -0.1) is 0 Å². The van der Waals surface area contributed by atoms with E-state index in [-0.39, 0.29) is 0 Å². The molecule has 12 aromatic rings. The van der Waals surface area contributed by atoms with Crippen LogP contribution in [0.15, 0.2) is 237 Å². The molecule has 1 heteroatoms. The third-order valence-electron chi connectivity index (χ3n) is 14.4. The zero-order valence-corrected chi connectivity index (χ0v) is 35.5.